The van der Waals surface area contributed by atoms with Crippen molar-refractivity contribution in [1.82, 2.24) is 4.90 Å². The van der Waals surface area contributed by atoms with E-state index in [-0.39, 0.29) is 28.7 Å². The molecule has 8 nitrogen and oxygen atoms in total. The van der Waals surface area contributed by atoms with Crippen molar-refractivity contribution < 1.29 is 18.1 Å². The van der Waals surface area contributed by atoms with Crippen molar-refractivity contribution in [2.24, 2.45) is 0 Å². The second kappa shape index (κ2) is 9.97. The van der Waals surface area contributed by atoms with Crippen molar-refractivity contribution >= 4 is 27.3 Å². The van der Waals surface area contributed by atoms with Crippen LogP contribution < -0.4 is 4.72 Å². The number of benzene rings is 3. The highest BCUT2D eigenvalue weighted by molar-refractivity contribution is 7.92. The SMILES string of the molecule is C#CCN(Cc1ccc(C)cc1)C(=O)c1ccc(NS(=O)(=O)c2cccc([N+](=O)[O-])c2)cc1. The summed E-state index contributed by atoms with van der Waals surface area (Å²) < 4.78 is 27.5. The highest BCUT2D eigenvalue weighted by Crippen LogP contribution is 2.21. The second-order valence-electron chi connectivity index (χ2n) is 7.29. The van der Waals surface area contributed by atoms with Gasteiger partial charge in [-0.1, -0.05) is 41.8 Å². The molecule has 0 saturated carbocycles. The predicted molar refractivity (Wildman–Crippen MR) is 125 cm³/mol. The fourth-order valence-corrected chi connectivity index (χ4v) is 4.16. The molecule has 0 atom stereocenters. The molecule has 0 aromatic heterocycles. The lowest BCUT2D eigenvalue weighted by Gasteiger charge is -2.21. The zero-order chi connectivity index (χ0) is 24.0. The number of hydrogen-bond donors (Lipinski definition) is 1. The van der Waals surface area contributed by atoms with Crippen molar-refractivity contribution in [3.05, 3.63) is 99.6 Å². The lowest BCUT2D eigenvalue weighted by Crippen LogP contribution is -2.31. The minimum Gasteiger partial charge on any atom is -0.323 e. The summed E-state index contributed by atoms with van der Waals surface area (Å²) in [4.78, 5) is 24.5. The molecule has 9 heteroatoms. The maximum absolute atomic E-state index is 13.0. The number of nitrogens with one attached hydrogen (secondary N) is 1. The van der Waals surface area contributed by atoms with Gasteiger partial charge in [-0.15, -0.1) is 6.42 Å². The average molecular weight is 464 g/mol. The molecular formula is C24H21N3O5S. The molecule has 0 fully saturated rings. The largest absolute Gasteiger partial charge is 0.323 e. The van der Waals surface area contributed by atoms with Crippen LogP contribution >= 0.6 is 0 Å². The van der Waals surface area contributed by atoms with E-state index in [1.807, 2.05) is 31.2 Å². The number of nitro groups is 1. The fourth-order valence-electron chi connectivity index (χ4n) is 3.07. The van der Waals surface area contributed by atoms with E-state index >= 15 is 0 Å². The van der Waals surface area contributed by atoms with Crippen LogP contribution in [0.15, 0.2) is 77.7 Å². The monoisotopic (exact) mass is 463 g/mol. The lowest BCUT2D eigenvalue weighted by molar-refractivity contribution is -0.385. The first-order valence-electron chi connectivity index (χ1n) is 9.85. The summed E-state index contributed by atoms with van der Waals surface area (Å²) in [7, 11) is -4.05. The van der Waals surface area contributed by atoms with Crippen LogP contribution in [-0.4, -0.2) is 30.7 Å². The number of non-ortho nitro benzene ring substituents is 1. The van der Waals surface area contributed by atoms with Crippen LogP contribution in [0.3, 0.4) is 0 Å². The number of amides is 1. The summed E-state index contributed by atoms with van der Waals surface area (Å²) in [6, 6.07) is 18.4. The zero-order valence-electron chi connectivity index (χ0n) is 17.8. The molecule has 3 aromatic rings. The van der Waals surface area contributed by atoms with Crippen LogP contribution in [-0.2, 0) is 16.6 Å². The van der Waals surface area contributed by atoms with Crippen LogP contribution in [0.1, 0.15) is 21.5 Å². The van der Waals surface area contributed by atoms with E-state index in [0.29, 0.717) is 12.1 Å². The molecule has 0 bridgehead atoms. The number of hydrogen-bond acceptors (Lipinski definition) is 5. The van der Waals surface area contributed by atoms with Crippen LogP contribution in [0.2, 0.25) is 0 Å². The zero-order valence-corrected chi connectivity index (χ0v) is 18.6. The van der Waals surface area contributed by atoms with Gasteiger partial charge in [0.1, 0.15) is 0 Å². The summed E-state index contributed by atoms with van der Waals surface area (Å²) in [5.74, 6) is 2.20. The number of carbonyl (C=O) groups excluding carboxylic acids is 1. The Bertz CT molecular complexity index is 1310. The number of nitrogens with zero attached hydrogens (tertiary/aromatic N) is 2. The third-order valence-electron chi connectivity index (χ3n) is 4.79. The smallest absolute Gasteiger partial charge is 0.270 e. The van der Waals surface area contributed by atoms with Gasteiger partial charge in [0.25, 0.3) is 21.6 Å². The van der Waals surface area contributed by atoms with E-state index in [2.05, 4.69) is 10.6 Å². The molecule has 0 aliphatic carbocycles. The molecule has 168 valence electrons. The molecule has 0 aliphatic heterocycles. The normalized spacial score (nSPS) is 10.8. The summed E-state index contributed by atoms with van der Waals surface area (Å²) >= 11 is 0. The van der Waals surface area contributed by atoms with Crippen LogP contribution in [0.25, 0.3) is 0 Å². The molecule has 0 radical (unpaired) electrons. The van der Waals surface area contributed by atoms with E-state index < -0.39 is 14.9 Å². The Morgan fingerprint density at radius 3 is 2.36 bits per heavy atom. The molecule has 3 rings (SSSR count). The number of nitro benzene ring substituents is 1. The first-order valence-corrected chi connectivity index (χ1v) is 11.3. The minimum atomic E-state index is -4.05. The Balaban J connectivity index is 1.76. The predicted octanol–water partition coefficient (Wildman–Crippen LogP) is 3.98. The van der Waals surface area contributed by atoms with Gasteiger partial charge in [0.2, 0.25) is 0 Å². The van der Waals surface area contributed by atoms with Gasteiger partial charge in [-0.2, -0.15) is 0 Å². The van der Waals surface area contributed by atoms with E-state index in [4.69, 9.17) is 6.42 Å². The van der Waals surface area contributed by atoms with Crippen molar-refractivity contribution in [2.45, 2.75) is 18.4 Å². The minimum absolute atomic E-state index is 0.119. The Morgan fingerprint density at radius 1 is 1.09 bits per heavy atom. The highest BCUT2D eigenvalue weighted by Gasteiger charge is 2.19. The average Bonchev–Trinajstić information content (AvgIpc) is 2.80. The van der Waals surface area contributed by atoms with Gasteiger partial charge in [0.05, 0.1) is 16.4 Å². The molecule has 0 saturated heterocycles. The maximum atomic E-state index is 13.0. The van der Waals surface area contributed by atoms with Gasteiger partial charge in [0, 0.05) is 29.9 Å². The fraction of sp³-hybridized carbons (Fsp3) is 0.125. The third-order valence-corrected chi connectivity index (χ3v) is 6.17. The van der Waals surface area contributed by atoms with Crippen molar-refractivity contribution in [1.29, 1.82) is 0 Å². The van der Waals surface area contributed by atoms with Gasteiger partial charge >= 0.3 is 0 Å². The van der Waals surface area contributed by atoms with Gasteiger partial charge in [-0.05, 0) is 42.8 Å². The first-order chi connectivity index (χ1) is 15.7. The van der Waals surface area contributed by atoms with Gasteiger partial charge < -0.3 is 4.90 Å². The number of sulfonamides is 1. The highest BCUT2D eigenvalue weighted by atomic mass is 32.2. The van der Waals surface area contributed by atoms with E-state index in [1.165, 1.54) is 47.4 Å². The number of terminal acetylenes is 1. The molecule has 0 heterocycles. The quantitative estimate of drug-likeness (QED) is 0.309. The molecule has 0 spiro atoms. The Hall–Kier alpha value is -4.16. The van der Waals surface area contributed by atoms with Crippen molar-refractivity contribution in [2.75, 3.05) is 11.3 Å². The number of anilines is 1. The standard InChI is InChI=1S/C24H21N3O5S/c1-3-15-26(17-19-9-7-18(2)8-10-19)24(28)20-11-13-21(14-12-20)25-33(31,32)23-6-4-5-22(16-23)27(29)30/h1,4-14,16,25H,15,17H2,2H3. The molecule has 3 aromatic carbocycles. The maximum Gasteiger partial charge on any atom is 0.270 e. The molecule has 0 unspecified atom stereocenters. The summed E-state index contributed by atoms with van der Waals surface area (Å²) in [6.07, 6.45) is 5.44. The Labute approximate surface area is 192 Å². The summed E-state index contributed by atoms with van der Waals surface area (Å²) in [5.41, 5.74) is 2.26. The molecule has 1 amide bonds. The summed E-state index contributed by atoms with van der Waals surface area (Å²) in [5, 5.41) is 10.9. The molecule has 0 aliphatic rings. The molecule has 33 heavy (non-hydrogen) atoms. The van der Waals surface area contributed by atoms with Crippen LogP contribution in [0, 0.1) is 29.4 Å². The molecule has 1 N–H and O–H groups in total. The summed E-state index contributed by atoms with van der Waals surface area (Å²) in [6.45, 7) is 2.43. The number of aryl methyl sites for hydroxylation is 1. The van der Waals surface area contributed by atoms with Crippen LogP contribution in [0.4, 0.5) is 11.4 Å². The van der Waals surface area contributed by atoms with Crippen LogP contribution in [0.5, 0.6) is 0 Å². The van der Waals surface area contributed by atoms with E-state index in [1.54, 1.807) is 0 Å². The van der Waals surface area contributed by atoms with Crippen molar-refractivity contribution in [3.63, 3.8) is 0 Å². The Kier molecular flexibility index (Phi) is 7.10. The second-order valence-corrected chi connectivity index (χ2v) is 8.97. The van der Waals surface area contributed by atoms with Gasteiger partial charge in [-0.3, -0.25) is 19.6 Å². The first kappa shape index (κ1) is 23.5. The third kappa shape index (κ3) is 5.96. The van der Waals surface area contributed by atoms with Gasteiger partial charge in [-0.25, -0.2) is 8.42 Å². The van der Waals surface area contributed by atoms with Crippen molar-refractivity contribution in [3.8, 4) is 12.3 Å². The topological polar surface area (TPSA) is 110 Å². The Morgan fingerprint density at radius 2 is 1.76 bits per heavy atom. The number of rotatable bonds is 8. The lowest BCUT2D eigenvalue weighted by atomic mass is 10.1. The van der Waals surface area contributed by atoms with Gasteiger partial charge in [0.15, 0.2) is 0 Å². The van der Waals surface area contributed by atoms with E-state index in [9.17, 15) is 23.3 Å². The van der Waals surface area contributed by atoms with E-state index in [0.717, 1.165) is 17.2 Å². The number of carbonyl (C=O) groups is 1. The molecular weight excluding hydrogens is 442 g/mol.